The van der Waals surface area contributed by atoms with Gasteiger partial charge in [0.25, 0.3) is 0 Å². The van der Waals surface area contributed by atoms with Crippen molar-refractivity contribution in [2.75, 3.05) is 31.1 Å². The smallest absolute Gasteiger partial charge is 0.335 e. The van der Waals surface area contributed by atoms with E-state index in [2.05, 4.69) is 15.0 Å². The Bertz CT molecular complexity index is 1130. The minimum atomic E-state index is -0.906. The van der Waals surface area contributed by atoms with Crippen molar-refractivity contribution >= 4 is 34.9 Å². The van der Waals surface area contributed by atoms with Crippen molar-refractivity contribution in [2.45, 2.75) is 25.3 Å². The van der Waals surface area contributed by atoms with Crippen LogP contribution in [0.1, 0.15) is 40.4 Å². The van der Waals surface area contributed by atoms with Gasteiger partial charge < -0.3 is 14.5 Å². The van der Waals surface area contributed by atoms with E-state index >= 15 is 0 Å². The van der Waals surface area contributed by atoms with Gasteiger partial charge in [-0.25, -0.2) is 4.79 Å². The zero-order valence-electron chi connectivity index (χ0n) is 17.4. The van der Waals surface area contributed by atoms with Gasteiger partial charge in [-0.1, -0.05) is 40.5 Å². The first-order valence-corrected chi connectivity index (χ1v) is 11.5. The molecule has 1 aliphatic carbocycles. The maximum absolute atomic E-state index is 11.3. The quantitative estimate of drug-likeness (QED) is 0.508. The molecule has 2 fully saturated rings. The Morgan fingerprint density at radius 1 is 1.06 bits per heavy atom. The number of halogens is 2. The third-order valence-corrected chi connectivity index (χ3v) is 6.81. The number of benzene rings is 2. The molecule has 6 nitrogen and oxygen atoms in total. The molecule has 1 aromatic heterocycles. The van der Waals surface area contributed by atoms with Gasteiger partial charge in [0.05, 0.1) is 15.6 Å². The third-order valence-electron chi connectivity index (χ3n) is 6.18. The van der Waals surface area contributed by atoms with Gasteiger partial charge in [0.1, 0.15) is 11.5 Å². The molecule has 0 bridgehead atoms. The highest BCUT2D eigenvalue weighted by molar-refractivity contribution is 6.39. The number of carboxylic acid groups (broad SMARTS) is 1. The van der Waals surface area contributed by atoms with Crippen LogP contribution in [0.5, 0.6) is 0 Å². The standard InChI is InChI=1S/C24H23Cl2N3O3/c25-19-5-2-6-20(26)21(19)22-18(23(32-27-22)15-7-8-15)14-28-9-11-29(12-10-28)17-4-1-3-16(13-17)24(30)31/h1-6,13,15H,7-12,14H2,(H,30,31). The average Bonchev–Trinajstić information content (AvgIpc) is 3.56. The Balaban J connectivity index is 1.35. The summed E-state index contributed by atoms with van der Waals surface area (Å²) in [5.74, 6) is 0.469. The molecule has 2 aliphatic rings. The van der Waals surface area contributed by atoms with E-state index in [4.69, 9.17) is 27.7 Å². The van der Waals surface area contributed by atoms with Crippen LogP contribution in [0.4, 0.5) is 5.69 Å². The van der Waals surface area contributed by atoms with E-state index in [0.29, 0.717) is 21.5 Å². The molecule has 1 N–H and O–H groups in total. The maximum atomic E-state index is 11.3. The Kier molecular flexibility index (Phi) is 5.84. The molecule has 3 aromatic rings. The molecule has 0 atom stereocenters. The van der Waals surface area contributed by atoms with Crippen molar-refractivity contribution < 1.29 is 14.4 Å². The number of aromatic nitrogens is 1. The molecule has 166 valence electrons. The minimum Gasteiger partial charge on any atom is -0.478 e. The monoisotopic (exact) mass is 471 g/mol. The summed E-state index contributed by atoms with van der Waals surface area (Å²) in [7, 11) is 0. The van der Waals surface area contributed by atoms with Crippen molar-refractivity contribution in [1.29, 1.82) is 0 Å². The van der Waals surface area contributed by atoms with Crippen molar-refractivity contribution in [1.82, 2.24) is 10.1 Å². The van der Waals surface area contributed by atoms with Crippen LogP contribution in [0.25, 0.3) is 11.3 Å². The number of anilines is 1. The normalized spacial score (nSPS) is 17.0. The SMILES string of the molecule is O=C(O)c1cccc(N2CCN(Cc3c(-c4c(Cl)cccc4Cl)noc3C3CC3)CC2)c1. The molecule has 32 heavy (non-hydrogen) atoms. The Morgan fingerprint density at radius 3 is 2.41 bits per heavy atom. The fourth-order valence-corrected chi connectivity index (χ4v) is 4.86. The molecule has 0 amide bonds. The van der Waals surface area contributed by atoms with Crippen LogP contribution in [0, 0.1) is 0 Å². The predicted molar refractivity (Wildman–Crippen MR) is 125 cm³/mol. The second-order valence-electron chi connectivity index (χ2n) is 8.36. The number of carboxylic acids is 1. The first-order valence-electron chi connectivity index (χ1n) is 10.7. The minimum absolute atomic E-state index is 0.310. The maximum Gasteiger partial charge on any atom is 0.335 e. The van der Waals surface area contributed by atoms with Gasteiger partial charge in [0.2, 0.25) is 0 Å². The van der Waals surface area contributed by atoms with Gasteiger partial charge in [-0.3, -0.25) is 4.90 Å². The lowest BCUT2D eigenvalue weighted by atomic mass is 10.0. The van der Waals surface area contributed by atoms with Gasteiger partial charge in [0.15, 0.2) is 0 Å². The average molecular weight is 472 g/mol. The molecule has 2 aromatic carbocycles. The summed E-state index contributed by atoms with van der Waals surface area (Å²) in [6, 6.07) is 12.6. The molecule has 1 aliphatic heterocycles. The van der Waals surface area contributed by atoms with Crippen LogP contribution >= 0.6 is 23.2 Å². The third kappa shape index (κ3) is 4.22. The highest BCUT2D eigenvalue weighted by atomic mass is 35.5. The lowest BCUT2D eigenvalue weighted by Gasteiger charge is -2.36. The predicted octanol–water partition coefficient (Wildman–Crippen LogP) is 5.55. The first kappa shape index (κ1) is 21.3. The summed E-state index contributed by atoms with van der Waals surface area (Å²) < 4.78 is 5.79. The molecule has 1 saturated heterocycles. The highest BCUT2D eigenvalue weighted by Crippen LogP contribution is 2.46. The molecule has 0 unspecified atom stereocenters. The van der Waals surface area contributed by atoms with Crippen LogP contribution in [-0.4, -0.2) is 47.3 Å². The number of hydrogen-bond acceptors (Lipinski definition) is 5. The zero-order chi connectivity index (χ0) is 22.2. The van der Waals surface area contributed by atoms with E-state index in [9.17, 15) is 9.90 Å². The highest BCUT2D eigenvalue weighted by Gasteiger charge is 2.34. The van der Waals surface area contributed by atoms with E-state index in [0.717, 1.165) is 73.8 Å². The van der Waals surface area contributed by atoms with Crippen LogP contribution in [0.15, 0.2) is 47.0 Å². The largest absolute Gasteiger partial charge is 0.478 e. The molecule has 0 spiro atoms. The molecule has 0 radical (unpaired) electrons. The lowest BCUT2D eigenvalue weighted by Crippen LogP contribution is -2.46. The summed E-state index contributed by atoms with van der Waals surface area (Å²) in [6.45, 7) is 4.05. The van der Waals surface area contributed by atoms with E-state index < -0.39 is 5.97 Å². The molecule has 8 heteroatoms. The van der Waals surface area contributed by atoms with Gasteiger partial charge in [-0.05, 0) is 43.2 Å². The molecule has 5 rings (SSSR count). The summed E-state index contributed by atoms with van der Waals surface area (Å²) in [6.07, 6.45) is 2.23. The first-order chi connectivity index (χ1) is 15.5. The van der Waals surface area contributed by atoms with Gasteiger partial charge in [-0.2, -0.15) is 0 Å². The Hall–Kier alpha value is -2.54. The van der Waals surface area contributed by atoms with Gasteiger partial charge in [-0.15, -0.1) is 0 Å². The van der Waals surface area contributed by atoms with Crippen molar-refractivity contribution in [3.63, 3.8) is 0 Å². The van der Waals surface area contributed by atoms with Crippen LogP contribution in [0.3, 0.4) is 0 Å². The van der Waals surface area contributed by atoms with E-state index in [1.807, 2.05) is 24.3 Å². The molecule has 2 heterocycles. The number of piperazine rings is 1. The summed E-state index contributed by atoms with van der Waals surface area (Å²) >= 11 is 13.0. The van der Waals surface area contributed by atoms with Crippen LogP contribution < -0.4 is 4.90 Å². The summed E-state index contributed by atoms with van der Waals surface area (Å²) in [5.41, 5.74) is 3.79. The Labute approximate surface area is 196 Å². The van der Waals surface area contributed by atoms with Crippen LogP contribution in [0.2, 0.25) is 10.0 Å². The zero-order valence-corrected chi connectivity index (χ0v) is 18.9. The molecule has 1 saturated carbocycles. The molecular formula is C24H23Cl2N3O3. The number of carbonyl (C=O) groups is 1. The second kappa shape index (κ2) is 8.77. The topological polar surface area (TPSA) is 69.8 Å². The van der Waals surface area contributed by atoms with Gasteiger partial charge in [0, 0.05) is 55.5 Å². The Morgan fingerprint density at radius 2 is 1.75 bits per heavy atom. The van der Waals surface area contributed by atoms with Crippen molar-refractivity contribution in [3.8, 4) is 11.3 Å². The number of rotatable bonds is 6. The van der Waals surface area contributed by atoms with E-state index in [1.165, 1.54) is 0 Å². The number of nitrogens with zero attached hydrogens (tertiary/aromatic N) is 3. The second-order valence-corrected chi connectivity index (χ2v) is 9.18. The number of hydrogen-bond donors (Lipinski definition) is 1. The van der Waals surface area contributed by atoms with Crippen LogP contribution in [-0.2, 0) is 6.54 Å². The van der Waals surface area contributed by atoms with E-state index in [-0.39, 0.29) is 0 Å². The number of aromatic carboxylic acids is 1. The van der Waals surface area contributed by atoms with E-state index in [1.54, 1.807) is 18.2 Å². The fraction of sp³-hybridized carbons (Fsp3) is 0.333. The fourth-order valence-electron chi connectivity index (χ4n) is 4.28. The van der Waals surface area contributed by atoms with Crippen molar-refractivity contribution in [2.24, 2.45) is 0 Å². The van der Waals surface area contributed by atoms with Gasteiger partial charge >= 0.3 is 5.97 Å². The van der Waals surface area contributed by atoms with Crippen molar-refractivity contribution in [3.05, 3.63) is 69.4 Å². The summed E-state index contributed by atoms with van der Waals surface area (Å²) in [5, 5.41) is 14.8. The lowest BCUT2D eigenvalue weighted by molar-refractivity contribution is 0.0697. The summed E-state index contributed by atoms with van der Waals surface area (Å²) in [4.78, 5) is 15.9. The molecular weight excluding hydrogens is 449 g/mol.